The summed E-state index contributed by atoms with van der Waals surface area (Å²) in [6, 6.07) is 11.1. The maximum Gasteiger partial charge on any atom is 0.271 e. The fraction of sp³-hybridized carbons (Fsp3) is 0.0625. The summed E-state index contributed by atoms with van der Waals surface area (Å²) in [6.45, 7) is -0.110. The molecule has 0 aliphatic carbocycles. The van der Waals surface area contributed by atoms with Gasteiger partial charge in [-0.3, -0.25) is 9.59 Å². The van der Waals surface area contributed by atoms with Crippen LogP contribution in [-0.2, 0) is 4.79 Å². The highest BCUT2D eigenvalue weighted by molar-refractivity contribution is 9.10. The number of hydrogen-bond donors (Lipinski definition) is 2. The number of benzene rings is 1. The van der Waals surface area contributed by atoms with Crippen LogP contribution in [-0.4, -0.2) is 23.3 Å². The summed E-state index contributed by atoms with van der Waals surface area (Å²) in [5.74, 6) is -0.653. The first kappa shape index (κ1) is 16.8. The largest absolute Gasteiger partial charge is 0.342 e. The monoisotopic (exact) mass is 421 g/mol. The Morgan fingerprint density at radius 1 is 1.12 bits per heavy atom. The van der Waals surface area contributed by atoms with Crippen molar-refractivity contribution in [2.24, 2.45) is 0 Å². The minimum Gasteiger partial charge on any atom is -0.342 e. The minimum atomic E-state index is -0.361. The summed E-state index contributed by atoms with van der Waals surface area (Å²) in [7, 11) is 0. The molecule has 8 heteroatoms. The maximum atomic E-state index is 12.1. The number of carbonyl (C=O) groups excluding carboxylic acids is 2. The molecule has 2 N–H and O–H groups in total. The van der Waals surface area contributed by atoms with E-state index in [9.17, 15) is 9.59 Å². The lowest BCUT2D eigenvalue weighted by Crippen LogP contribution is -2.33. The molecule has 3 aromatic rings. The third-order valence-corrected chi connectivity index (χ3v) is 5.42. The number of halogens is 1. The fourth-order valence-electron chi connectivity index (χ4n) is 1.88. The number of thiophene rings is 1. The van der Waals surface area contributed by atoms with E-state index in [1.807, 2.05) is 29.6 Å². The van der Waals surface area contributed by atoms with E-state index in [4.69, 9.17) is 0 Å². The molecule has 0 atom stereocenters. The van der Waals surface area contributed by atoms with Gasteiger partial charge < -0.3 is 10.6 Å². The highest BCUT2D eigenvalue weighted by atomic mass is 79.9. The van der Waals surface area contributed by atoms with Crippen LogP contribution in [0.1, 0.15) is 10.5 Å². The highest BCUT2D eigenvalue weighted by Crippen LogP contribution is 2.27. The number of rotatable bonds is 5. The Morgan fingerprint density at radius 3 is 2.62 bits per heavy atom. The first-order valence-electron chi connectivity index (χ1n) is 6.95. The predicted molar refractivity (Wildman–Crippen MR) is 101 cm³/mol. The Balaban J connectivity index is 1.53. The first-order chi connectivity index (χ1) is 11.6. The van der Waals surface area contributed by atoms with Crippen LogP contribution >= 0.6 is 38.6 Å². The van der Waals surface area contributed by atoms with Crippen molar-refractivity contribution in [1.29, 1.82) is 0 Å². The average Bonchev–Trinajstić information content (AvgIpc) is 3.25. The first-order valence-corrected chi connectivity index (χ1v) is 9.50. The van der Waals surface area contributed by atoms with Gasteiger partial charge >= 0.3 is 0 Å². The molecule has 0 aliphatic rings. The fourth-order valence-corrected chi connectivity index (χ4v) is 3.76. The molecule has 0 aliphatic heterocycles. The zero-order valence-electron chi connectivity index (χ0n) is 12.3. The zero-order chi connectivity index (χ0) is 16.9. The van der Waals surface area contributed by atoms with E-state index < -0.39 is 0 Å². The van der Waals surface area contributed by atoms with E-state index in [1.165, 1.54) is 11.3 Å². The topological polar surface area (TPSA) is 71.1 Å². The molecule has 5 nitrogen and oxygen atoms in total. The van der Waals surface area contributed by atoms with Crippen molar-refractivity contribution in [3.63, 3.8) is 0 Å². The van der Waals surface area contributed by atoms with Crippen molar-refractivity contribution in [2.45, 2.75) is 0 Å². The Bertz CT molecular complexity index is 845. The van der Waals surface area contributed by atoms with Gasteiger partial charge in [0.1, 0.15) is 10.7 Å². The Hall–Kier alpha value is -2.03. The molecule has 0 unspecified atom stereocenters. The summed E-state index contributed by atoms with van der Waals surface area (Å²) in [6.07, 6.45) is 0. The third-order valence-electron chi connectivity index (χ3n) is 3.01. The van der Waals surface area contributed by atoms with Crippen molar-refractivity contribution >= 4 is 56.1 Å². The Kier molecular flexibility index (Phi) is 5.39. The molecule has 3 rings (SSSR count). The lowest BCUT2D eigenvalue weighted by molar-refractivity contribution is -0.115. The van der Waals surface area contributed by atoms with E-state index in [1.54, 1.807) is 28.8 Å². The quantitative estimate of drug-likeness (QED) is 0.653. The van der Waals surface area contributed by atoms with Crippen LogP contribution < -0.4 is 10.6 Å². The van der Waals surface area contributed by atoms with Crippen LogP contribution in [0.15, 0.2) is 51.6 Å². The van der Waals surface area contributed by atoms with E-state index in [2.05, 4.69) is 31.5 Å². The van der Waals surface area contributed by atoms with Gasteiger partial charge in [-0.2, -0.15) is 0 Å². The summed E-state index contributed by atoms with van der Waals surface area (Å²) in [4.78, 5) is 29.3. The highest BCUT2D eigenvalue weighted by Gasteiger charge is 2.13. The van der Waals surface area contributed by atoms with Gasteiger partial charge in [0.15, 0.2) is 0 Å². The molecule has 0 fully saturated rings. The summed E-state index contributed by atoms with van der Waals surface area (Å²) in [5.41, 5.74) is 0.992. The molecule has 0 saturated heterocycles. The number of hydrogen-bond acceptors (Lipinski definition) is 5. The molecule has 2 heterocycles. The second-order valence-electron chi connectivity index (χ2n) is 4.75. The van der Waals surface area contributed by atoms with Crippen LogP contribution in [0.2, 0.25) is 0 Å². The SMILES string of the molecule is O=C(CNC(=O)c1csc(-c2cccs2)n1)Nc1ccc(Br)cc1. The number of thiazole rings is 1. The van der Waals surface area contributed by atoms with Gasteiger partial charge in [0.25, 0.3) is 5.91 Å². The van der Waals surface area contributed by atoms with Crippen LogP contribution in [0, 0.1) is 0 Å². The number of aromatic nitrogens is 1. The normalized spacial score (nSPS) is 10.4. The molecule has 2 aromatic heterocycles. The molecular formula is C16H12BrN3O2S2. The number of carbonyl (C=O) groups is 2. The maximum absolute atomic E-state index is 12.1. The molecular weight excluding hydrogens is 410 g/mol. The van der Waals surface area contributed by atoms with E-state index in [-0.39, 0.29) is 18.4 Å². The van der Waals surface area contributed by atoms with Crippen molar-refractivity contribution in [3.8, 4) is 9.88 Å². The van der Waals surface area contributed by atoms with Crippen LogP contribution in [0.3, 0.4) is 0 Å². The number of anilines is 1. The lowest BCUT2D eigenvalue weighted by Gasteiger charge is -2.06. The zero-order valence-corrected chi connectivity index (χ0v) is 15.5. The van der Waals surface area contributed by atoms with Gasteiger partial charge in [-0.05, 0) is 35.7 Å². The Morgan fingerprint density at radius 2 is 1.92 bits per heavy atom. The molecule has 122 valence electrons. The molecule has 0 spiro atoms. The van der Waals surface area contributed by atoms with E-state index in [0.29, 0.717) is 11.4 Å². The number of nitrogens with one attached hydrogen (secondary N) is 2. The van der Waals surface area contributed by atoms with Gasteiger partial charge in [-0.15, -0.1) is 22.7 Å². The van der Waals surface area contributed by atoms with Gasteiger partial charge in [-0.1, -0.05) is 22.0 Å². The summed E-state index contributed by atoms with van der Waals surface area (Å²) < 4.78 is 0.930. The van der Waals surface area contributed by atoms with E-state index >= 15 is 0 Å². The Labute approximate surface area is 154 Å². The molecule has 0 bridgehead atoms. The standard InChI is InChI=1S/C16H12BrN3O2S2/c17-10-3-5-11(6-4-10)19-14(21)8-18-15(22)12-9-24-16(20-12)13-2-1-7-23-13/h1-7,9H,8H2,(H,18,22)(H,19,21). The third kappa shape index (κ3) is 4.28. The number of amides is 2. The molecule has 2 amide bonds. The molecule has 24 heavy (non-hydrogen) atoms. The summed E-state index contributed by atoms with van der Waals surface area (Å²) in [5, 5.41) is 9.74. The second-order valence-corrected chi connectivity index (χ2v) is 7.47. The molecule has 1 aromatic carbocycles. The van der Waals surface area contributed by atoms with Crippen LogP contribution in [0.25, 0.3) is 9.88 Å². The average molecular weight is 422 g/mol. The number of nitrogens with zero attached hydrogens (tertiary/aromatic N) is 1. The van der Waals surface area contributed by atoms with Gasteiger partial charge in [-0.25, -0.2) is 4.98 Å². The summed E-state index contributed by atoms with van der Waals surface area (Å²) >= 11 is 6.31. The van der Waals surface area contributed by atoms with Crippen molar-refractivity contribution in [2.75, 3.05) is 11.9 Å². The van der Waals surface area contributed by atoms with Gasteiger partial charge in [0, 0.05) is 15.5 Å². The van der Waals surface area contributed by atoms with Crippen molar-refractivity contribution in [1.82, 2.24) is 10.3 Å². The smallest absolute Gasteiger partial charge is 0.271 e. The van der Waals surface area contributed by atoms with Crippen molar-refractivity contribution in [3.05, 3.63) is 57.3 Å². The minimum absolute atomic E-state index is 0.110. The van der Waals surface area contributed by atoms with Gasteiger partial charge in [0.2, 0.25) is 5.91 Å². The van der Waals surface area contributed by atoms with Crippen molar-refractivity contribution < 1.29 is 9.59 Å². The lowest BCUT2D eigenvalue weighted by atomic mass is 10.3. The van der Waals surface area contributed by atoms with Gasteiger partial charge in [0.05, 0.1) is 11.4 Å². The second kappa shape index (κ2) is 7.69. The van der Waals surface area contributed by atoms with Crippen LogP contribution in [0.5, 0.6) is 0 Å². The van der Waals surface area contributed by atoms with E-state index in [0.717, 1.165) is 14.4 Å². The predicted octanol–water partition coefficient (Wildman–Crippen LogP) is 4.00. The molecule has 0 saturated carbocycles. The molecule has 0 radical (unpaired) electrons. The van der Waals surface area contributed by atoms with Crippen LogP contribution in [0.4, 0.5) is 5.69 Å².